The summed E-state index contributed by atoms with van der Waals surface area (Å²) < 4.78 is 11.4. The number of rotatable bonds is 23. The first-order valence-electron chi connectivity index (χ1n) is 12.3. The Bertz CT molecular complexity index is 586. The number of nitrogens with one attached hydrogen (secondary N) is 3. The van der Waals surface area contributed by atoms with Crippen molar-refractivity contribution in [2.75, 3.05) is 39.5 Å². The second kappa shape index (κ2) is 21.1. The van der Waals surface area contributed by atoms with Gasteiger partial charge in [-0.25, -0.2) is 0 Å². The molecule has 0 rings (SSSR count). The Hall–Kier alpha value is -2.45. The molecule has 0 aromatic rings. The molecule has 34 heavy (non-hydrogen) atoms. The average Bonchev–Trinajstić information content (AvgIpc) is 2.85. The number of ether oxygens (including phenoxy) is 2. The third kappa shape index (κ3) is 17.1. The molecule has 0 radical (unpaired) electrons. The largest absolute Gasteiger partial charge is 0.381 e. The summed E-state index contributed by atoms with van der Waals surface area (Å²) in [5.74, 6) is -0.516. The van der Waals surface area contributed by atoms with Gasteiger partial charge in [0.25, 0.3) is 0 Å². The van der Waals surface area contributed by atoms with E-state index in [4.69, 9.17) is 9.47 Å². The lowest BCUT2D eigenvalue weighted by molar-refractivity contribution is -0.119. The van der Waals surface area contributed by atoms with Crippen LogP contribution in [0.1, 0.15) is 64.7 Å². The van der Waals surface area contributed by atoms with Crippen LogP contribution in [0.2, 0.25) is 0 Å². The lowest BCUT2D eigenvalue weighted by Gasteiger charge is -2.35. The van der Waals surface area contributed by atoms with Crippen molar-refractivity contribution in [3.63, 3.8) is 0 Å². The van der Waals surface area contributed by atoms with Gasteiger partial charge in [0.15, 0.2) is 0 Å². The molecule has 0 aliphatic carbocycles. The fourth-order valence-corrected chi connectivity index (χ4v) is 3.54. The van der Waals surface area contributed by atoms with Gasteiger partial charge >= 0.3 is 0 Å². The van der Waals surface area contributed by atoms with Gasteiger partial charge in [-0.2, -0.15) is 0 Å². The van der Waals surface area contributed by atoms with Crippen molar-refractivity contribution in [3.8, 4) is 0 Å². The summed E-state index contributed by atoms with van der Waals surface area (Å²) in [6, 6.07) is 0. The van der Waals surface area contributed by atoms with Crippen molar-refractivity contribution in [3.05, 3.63) is 38.0 Å². The number of hydrogen-bond donors (Lipinski definition) is 3. The molecule has 0 bridgehead atoms. The van der Waals surface area contributed by atoms with Crippen LogP contribution in [0.4, 0.5) is 0 Å². The molecule has 0 fully saturated rings. The first kappa shape index (κ1) is 31.6. The van der Waals surface area contributed by atoms with Crippen LogP contribution >= 0.6 is 0 Å². The second-order valence-electron chi connectivity index (χ2n) is 8.21. The van der Waals surface area contributed by atoms with E-state index in [9.17, 15) is 14.4 Å². The Kier molecular flexibility index (Phi) is 19.6. The van der Waals surface area contributed by atoms with E-state index in [1.807, 2.05) is 0 Å². The van der Waals surface area contributed by atoms with Crippen LogP contribution in [0.15, 0.2) is 38.0 Å². The highest BCUT2D eigenvalue weighted by atomic mass is 16.5. The molecular weight excluding hydrogens is 434 g/mol. The predicted octanol–water partition coefficient (Wildman–Crippen LogP) is 3.20. The van der Waals surface area contributed by atoms with Crippen molar-refractivity contribution in [1.29, 1.82) is 0 Å². The smallest absolute Gasteiger partial charge is 0.243 e. The van der Waals surface area contributed by atoms with Crippen molar-refractivity contribution in [2.24, 2.45) is 0 Å². The van der Waals surface area contributed by atoms with E-state index in [1.54, 1.807) is 0 Å². The third-order valence-electron chi connectivity index (χ3n) is 5.37. The van der Waals surface area contributed by atoms with E-state index in [1.165, 1.54) is 18.2 Å². The van der Waals surface area contributed by atoms with E-state index in [0.29, 0.717) is 39.5 Å². The van der Waals surface area contributed by atoms with E-state index >= 15 is 0 Å². The quantitative estimate of drug-likeness (QED) is 0.154. The van der Waals surface area contributed by atoms with Crippen molar-refractivity contribution in [1.82, 2.24) is 16.0 Å². The van der Waals surface area contributed by atoms with Gasteiger partial charge in [0.2, 0.25) is 17.7 Å². The van der Waals surface area contributed by atoms with Crippen LogP contribution in [-0.2, 0) is 23.9 Å². The molecular formula is C26H45N3O5. The molecule has 3 amide bonds. The maximum Gasteiger partial charge on any atom is 0.243 e. The van der Waals surface area contributed by atoms with Gasteiger partial charge in [0, 0.05) is 45.1 Å². The summed E-state index contributed by atoms with van der Waals surface area (Å²) in [4.78, 5) is 34.4. The summed E-state index contributed by atoms with van der Waals surface area (Å²) in [5, 5.41) is 8.64. The minimum absolute atomic E-state index is 0.158. The number of carbonyl (C=O) groups excluding carboxylic acids is 3. The predicted molar refractivity (Wildman–Crippen MR) is 136 cm³/mol. The Morgan fingerprint density at radius 2 is 1.09 bits per heavy atom. The number of unbranched alkanes of at least 4 members (excludes halogenated alkanes) is 1. The Morgan fingerprint density at radius 1 is 0.676 bits per heavy atom. The maximum atomic E-state index is 12.2. The Balaban J connectivity index is 4.48. The normalized spacial score (nSPS) is 10.9. The SMILES string of the molecule is C=CC(=O)NCCCOCCCC(CCCC)(CCCOCCCNC(=O)C=C)NC(=O)C=C. The summed E-state index contributed by atoms with van der Waals surface area (Å²) in [6.45, 7) is 16.0. The van der Waals surface area contributed by atoms with Crippen molar-refractivity contribution < 1.29 is 23.9 Å². The monoisotopic (exact) mass is 479 g/mol. The molecule has 0 aromatic carbocycles. The van der Waals surface area contributed by atoms with Gasteiger partial charge in [-0.05, 0) is 63.2 Å². The molecule has 0 atom stereocenters. The van der Waals surface area contributed by atoms with E-state index < -0.39 is 0 Å². The average molecular weight is 480 g/mol. The minimum Gasteiger partial charge on any atom is -0.381 e. The molecule has 0 unspecified atom stereocenters. The lowest BCUT2D eigenvalue weighted by atomic mass is 9.83. The van der Waals surface area contributed by atoms with Crippen molar-refractivity contribution in [2.45, 2.75) is 70.3 Å². The first-order chi connectivity index (χ1) is 16.4. The summed E-state index contributed by atoms with van der Waals surface area (Å²) >= 11 is 0. The molecule has 0 heterocycles. The summed E-state index contributed by atoms with van der Waals surface area (Å²) in [7, 11) is 0. The second-order valence-corrected chi connectivity index (χ2v) is 8.21. The molecule has 0 saturated heterocycles. The van der Waals surface area contributed by atoms with Gasteiger partial charge in [-0.1, -0.05) is 39.5 Å². The molecule has 0 aliphatic heterocycles. The molecule has 194 valence electrons. The summed E-state index contributed by atoms with van der Waals surface area (Å²) in [6.07, 6.45) is 11.5. The topological polar surface area (TPSA) is 106 Å². The lowest BCUT2D eigenvalue weighted by Crippen LogP contribution is -2.48. The van der Waals surface area contributed by atoms with Gasteiger partial charge in [-0.3, -0.25) is 14.4 Å². The zero-order chi connectivity index (χ0) is 25.5. The van der Waals surface area contributed by atoms with Crippen LogP contribution < -0.4 is 16.0 Å². The first-order valence-corrected chi connectivity index (χ1v) is 12.3. The van der Waals surface area contributed by atoms with Crippen LogP contribution in [0.25, 0.3) is 0 Å². The molecule has 8 heteroatoms. The van der Waals surface area contributed by atoms with Crippen molar-refractivity contribution >= 4 is 17.7 Å². The number of carbonyl (C=O) groups is 3. The van der Waals surface area contributed by atoms with Gasteiger partial charge in [-0.15, -0.1) is 0 Å². The van der Waals surface area contributed by atoms with Crippen LogP contribution in [0.5, 0.6) is 0 Å². The fourth-order valence-electron chi connectivity index (χ4n) is 3.54. The molecule has 8 nitrogen and oxygen atoms in total. The fraction of sp³-hybridized carbons (Fsp3) is 0.654. The minimum atomic E-state index is -0.316. The highest BCUT2D eigenvalue weighted by Crippen LogP contribution is 2.26. The molecule has 0 aromatic heterocycles. The highest BCUT2D eigenvalue weighted by molar-refractivity contribution is 5.87. The Morgan fingerprint density at radius 3 is 1.50 bits per heavy atom. The third-order valence-corrected chi connectivity index (χ3v) is 5.37. The Labute approximate surface area is 205 Å². The zero-order valence-corrected chi connectivity index (χ0v) is 21.0. The number of hydrogen-bond acceptors (Lipinski definition) is 5. The molecule has 3 N–H and O–H groups in total. The molecule has 0 aliphatic rings. The molecule has 0 spiro atoms. The maximum absolute atomic E-state index is 12.2. The highest BCUT2D eigenvalue weighted by Gasteiger charge is 2.29. The van der Waals surface area contributed by atoms with E-state index in [-0.39, 0.29) is 23.3 Å². The van der Waals surface area contributed by atoms with Gasteiger partial charge in [0.05, 0.1) is 0 Å². The van der Waals surface area contributed by atoms with Crippen LogP contribution in [0, 0.1) is 0 Å². The van der Waals surface area contributed by atoms with Gasteiger partial charge < -0.3 is 25.4 Å². The van der Waals surface area contributed by atoms with E-state index in [0.717, 1.165) is 57.8 Å². The van der Waals surface area contributed by atoms with Gasteiger partial charge in [0.1, 0.15) is 0 Å². The molecule has 0 saturated carbocycles. The summed E-state index contributed by atoms with van der Waals surface area (Å²) in [5.41, 5.74) is -0.316. The standard InChI is InChI=1S/C26H45N3O5/c1-5-9-14-26(29-25(32)8-4,15-10-19-33-21-12-17-27-23(30)6-2)16-11-20-34-22-13-18-28-24(31)7-3/h6-8H,2-5,9-22H2,1H3,(H,27,30)(H,28,31)(H,29,32). The van der Waals surface area contributed by atoms with Crippen LogP contribution in [-0.4, -0.2) is 62.8 Å². The zero-order valence-electron chi connectivity index (χ0n) is 21.0. The number of amides is 3. The van der Waals surface area contributed by atoms with Crippen LogP contribution in [0.3, 0.4) is 0 Å². The van der Waals surface area contributed by atoms with E-state index in [2.05, 4.69) is 42.6 Å².